The molecule has 0 saturated carbocycles. The number of rotatable bonds is 8. The summed E-state index contributed by atoms with van der Waals surface area (Å²) in [5.74, 6) is -0.981. The Morgan fingerprint density at radius 2 is 1.69 bits per heavy atom. The van der Waals surface area contributed by atoms with Crippen LogP contribution in [0.3, 0.4) is 0 Å². The lowest BCUT2D eigenvalue weighted by molar-refractivity contribution is -0.119. The molecule has 0 bridgehead atoms. The number of anilines is 1. The molecular formula is C19H22N2O6S2. The molecular weight excluding hydrogens is 416 g/mol. The van der Waals surface area contributed by atoms with Gasteiger partial charge in [0, 0.05) is 25.5 Å². The molecule has 10 heteroatoms. The van der Waals surface area contributed by atoms with E-state index in [9.17, 15) is 22.2 Å². The molecule has 0 aromatic heterocycles. The zero-order valence-electron chi connectivity index (χ0n) is 16.2. The van der Waals surface area contributed by atoms with Crippen molar-refractivity contribution in [2.24, 2.45) is 0 Å². The molecule has 1 atom stereocenters. The first-order chi connectivity index (χ1) is 13.7. The van der Waals surface area contributed by atoms with Crippen LogP contribution >= 0.6 is 0 Å². The Morgan fingerprint density at radius 1 is 1.07 bits per heavy atom. The van der Waals surface area contributed by atoms with E-state index in [-0.39, 0.29) is 10.5 Å². The predicted octanol–water partition coefficient (Wildman–Crippen LogP) is 1.86. The van der Waals surface area contributed by atoms with Gasteiger partial charge in [-0.2, -0.15) is 0 Å². The standard InChI is InChI=1S/C19H22N2O6S2/c1-4-28(24)17-8-6-5-7-16(17)19(23)27-13-18(22)20-14-9-11-15(12-10-14)29(25,26)21(2)3/h5-12H,4,13H2,1-3H3,(H,20,22). The van der Waals surface area contributed by atoms with Crippen molar-refractivity contribution in [3.05, 3.63) is 54.1 Å². The molecule has 156 valence electrons. The summed E-state index contributed by atoms with van der Waals surface area (Å²) in [4.78, 5) is 24.7. The summed E-state index contributed by atoms with van der Waals surface area (Å²) < 4.78 is 42.2. The van der Waals surface area contributed by atoms with Gasteiger partial charge in [0.05, 0.1) is 26.2 Å². The van der Waals surface area contributed by atoms with Crippen molar-refractivity contribution in [3.63, 3.8) is 0 Å². The van der Waals surface area contributed by atoms with Crippen LogP contribution in [-0.4, -0.2) is 55.3 Å². The molecule has 29 heavy (non-hydrogen) atoms. The van der Waals surface area contributed by atoms with Crippen molar-refractivity contribution >= 4 is 38.4 Å². The highest BCUT2D eigenvalue weighted by Crippen LogP contribution is 2.17. The van der Waals surface area contributed by atoms with Crippen molar-refractivity contribution in [1.29, 1.82) is 0 Å². The van der Waals surface area contributed by atoms with Crippen molar-refractivity contribution in [3.8, 4) is 0 Å². The highest BCUT2D eigenvalue weighted by Gasteiger charge is 2.18. The van der Waals surface area contributed by atoms with Gasteiger partial charge in [0.1, 0.15) is 0 Å². The van der Waals surface area contributed by atoms with E-state index in [2.05, 4.69) is 5.32 Å². The number of amides is 1. The number of carbonyl (C=O) groups is 2. The van der Waals surface area contributed by atoms with Crippen LogP contribution in [0.1, 0.15) is 17.3 Å². The maximum atomic E-state index is 12.3. The molecule has 0 fully saturated rings. The van der Waals surface area contributed by atoms with Gasteiger partial charge in [-0.15, -0.1) is 0 Å². The molecule has 0 aliphatic carbocycles. The first-order valence-corrected chi connectivity index (χ1v) is 11.4. The lowest BCUT2D eigenvalue weighted by Gasteiger charge is -2.12. The van der Waals surface area contributed by atoms with E-state index in [1.807, 2.05) is 0 Å². The summed E-state index contributed by atoms with van der Waals surface area (Å²) in [7, 11) is -2.05. The molecule has 0 heterocycles. The number of nitrogens with one attached hydrogen (secondary N) is 1. The van der Waals surface area contributed by atoms with Crippen LogP contribution in [0.2, 0.25) is 0 Å². The van der Waals surface area contributed by atoms with Gasteiger partial charge in [-0.05, 0) is 36.4 Å². The summed E-state index contributed by atoms with van der Waals surface area (Å²) in [5, 5.41) is 2.52. The quantitative estimate of drug-likeness (QED) is 0.630. The van der Waals surface area contributed by atoms with Crippen molar-refractivity contribution in [1.82, 2.24) is 4.31 Å². The van der Waals surface area contributed by atoms with Gasteiger partial charge in [-0.1, -0.05) is 19.1 Å². The number of esters is 1. The summed E-state index contributed by atoms with van der Waals surface area (Å²) in [6, 6.07) is 12.0. The average Bonchev–Trinajstić information content (AvgIpc) is 2.71. The van der Waals surface area contributed by atoms with Crippen LogP contribution in [0.15, 0.2) is 58.3 Å². The van der Waals surface area contributed by atoms with E-state index in [1.54, 1.807) is 25.1 Å². The third-order valence-corrected chi connectivity index (χ3v) is 7.07. The van der Waals surface area contributed by atoms with Crippen molar-refractivity contribution in [2.45, 2.75) is 16.7 Å². The largest absolute Gasteiger partial charge is 0.452 e. The summed E-state index contributed by atoms with van der Waals surface area (Å²) in [6.45, 7) is 1.20. The molecule has 2 rings (SSSR count). The summed E-state index contributed by atoms with van der Waals surface area (Å²) >= 11 is 0. The van der Waals surface area contributed by atoms with E-state index in [1.165, 1.54) is 44.4 Å². The zero-order chi connectivity index (χ0) is 21.6. The minimum absolute atomic E-state index is 0.0902. The normalized spacial score (nSPS) is 12.4. The molecule has 0 saturated heterocycles. The van der Waals surface area contributed by atoms with Crippen LogP contribution in [-0.2, 0) is 30.4 Å². The number of nitrogens with zero attached hydrogens (tertiary/aromatic N) is 1. The molecule has 1 unspecified atom stereocenters. The second-order valence-corrected chi connectivity index (χ2v) is 9.93. The molecule has 0 aliphatic rings. The highest BCUT2D eigenvalue weighted by molar-refractivity contribution is 7.89. The van der Waals surface area contributed by atoms with Crippen LogP contribution in [0.4, 0.5) is 5.69 Å². The smallest absolute Gasteiger partial charge is 0.339 e. The van der Waals surface area contributed by atoms with Gasteiger partial charge >= 0.3 is 5.97 Å². The van der Waals surface area contributed by atoms with E-state index in [4.69, 9.17) is 4.74 Å². The Kier molecular flexibility index (Phi) is 7.66. The van der Waals surface area contributed by atoms with Gasteiger partial charge in [-0.3, -0.25) is 9.00 Å². The van der Waals surface area contributed by atoms with Crippen molar-refractivity contribution < 1.29 is 27.0 Å². The second-order valence-electron chi connectivity index (χ2n) is 6.07. The molecule has 1 amide bonds. The molecule has 1 N–H and O–H groups in total. The van der Waals surface area contributed by atoms with Crippen LogP contribution in [0.25, 0.3) is 0 Å². The lowest BCUT2D eigenvalue weighted by atomic mass is 10.2. The first kappa shape index (κ1) is 22.7. The highest BCUT2D eigenvalue weighted by atomic mass is 32.2. The van der Waals surface area contributed by atoms with Crippen molar-refractivity contribution in [2.75, 3.05) is 31.8 Å². The predicted molar refractivity (Wildman–Crippen MR) is 110 cm³/mol. The van der Waals surface area contributed by atoms with Gasteiger partial charge in [0.25, 0.3) is 5.91 Å². The van der Waals surface area contributed by atoms with Crippen LogP contribution < -0.4 is 5.32 Å². The Labute approximate surface area is 172 Å². The summed E-state index contributed by atoms with van der Waals surface area (Å²) in [6.07, 6.45) is 0. The Balaban J connectivity index is 1.99. The number of hydrogen-bond donors (Lipinski definition) is 1. The molecule has 2 aromatic rings. The SMILES string of the molecule is CCS(=O)c1ccccc1C(=O)OCC(=O)Nc1ccc(S(=O)(=O)N(C)C)cc1. The number of hydrogen-bond acceptors (Lipinski definition) is 6. The average molecular weight is 439 g/mol. The monoisotopic (exact) mass is 438 g/mol. The Hall–Kier alpha value is -2.56. The maximum absolute atomic E-state index is 12.3. The third kappa shape index (κ3) is 5.72. The fraction of sp³-hybridized carbons (Fsp3) is 0.263. The number of benzene rings is 2. The van der Waals surface area contributed by atoms with E-state index in [0.717, 1.165) is 4.31 Å². The van der Waals surface area contributed by atoms with Crippen LogP contribution in [0.5, 0.6) is 0 Å². The van der Waals surface area contributed by atoms with Crippen LogP contribution in [0, 0.1) is 0 Å². The molecule has 8 nitrogen and oxygen atoms in total. The lowest BCUT2D eigenvalue weighted by Crippen LogP contribution is -2.23. The Bertz CT molecular complexity index is 1020. The number of sulfonamides is 1. The Morgan fingerprint density at radius 3 is 2.28 bits per heavy atom. The topological polar surface area (TPSA) is 110 Å². The van der Waals surface area contributed by atoms with E-state index in [0.29, 0.717) is 16.3 Å². The van der Waals surface area contributed by atoms with E-state index < -0.39 is 39.3 Å². The second kappa shape index (κ2) is 9.77. The van der Waals surface area contributed by atoms with Gasteiger partial charge in [0.2, 0.25) is 10.0 Å². The van der Waals surface area contributed by atoms with Gasteiger partial charge < -0.3 is 10.1 Å². The zero-order valence-corrected chi connectivity index (χ0v) is 17.9. The van der Waals surface area contributed by atoms with Gasteiger partial charge in [0.15, 0.2) is 6.61 Å². The number of carbonyl (C=O) groups excluding carboxylic acids is 2. The third-order valence-electron chi connectivity index (χ3n) is 3.87. The molecule has 0 aliphatic heterocycles. The number of ether oxygens (including phenoxy) is 1. The maximum Gasteiger partial charge on any atom is 0.339 e. The summed E-state index contributed by atoms with van der Waals surface area (Å²) in [5.41, 5.74) is 0.509. The first-order valence-electron chi connectivity index (χ1n) is 8.63. The molecule has 2 aromatic carbocycles. The molecule has 0 spiro atoms. The molecule has 0 radical (unpaired) electrons. The van der Waals surface area contributed by atoms with E-state index >= 15 is 0 Å². The van der Waals surface area contributed by atoms with Gasteiger partial charge in [-0.25, -0.2) is 17.5 Å². The minimum atomic E-state index is -3.56. The fourth-order valence-corrected chi connectivity index (χ4v) is 4.16. The minimum Gasteiger partial charge on any atom is -0.452 e. The fourth-order valence-electron chi connectivity index (χ4n) is 2.32.